The van der Waals surface area contributed by atoms with Crippen LogP contribution in [0.3, 0.4) is 0 Å². The summed E-state index contributed by atoms with van der Waals surface area (Å²) in [5.74, 6) is 0.749. The van der Waals surface area contributed by atoms with Gasteiger partial charge in [0.25, 0.3) is 0 Å². The smallest absolute Gasteiger partial charge is 0.0953 e. The number of hydrogen-bond donors (Lipinski definition) is 2. The fourth-order valence-corrected chi connectivity index (χ4v) is 3.10. The first-order valence-corrected chi connectivity index (χ1v) is 7.17. The van der Waals surface area contributed by atoms with Gasteiger partial charge in [0.1, 0.15) is 0 Å². The van der Waals surface area contributed by atoms with Crippen LogP contribution >= 0.6 is 15.9 Å². The molecule has 0 radical (unpaired) electrons. The summed E-state index contributed by atoms with van der Waals surface area (Å²) < 4.78 is 0.993. The summed E-state index contributed by atoms with van der Waals surface area (Å²) in [6.45, 7) is 3.25. The molecule has 3 atom stereocenters. The zero-order valence-electron chi connectivity index (χ0n) is 10.2. The maximum atomic E-state index is 10.4. The summed E-state index contributed by atoms with van der Waals surface area (Å²) in [5.41, 5.74) is 0.988. The quantitative estimate of drug-likeness (QED) is 0.897. The summed E-state index contributed by atoms with van der Waals surface area (Å²) >= 11 is 3.51. The molecule has 3 heteroatoms. The van der Waals surface area contributed by atoms with Gasteiger partial charge in [-0.1, -0.05) is 47.5 Å². The number of nitrogens with one attached hydrogen (secondary N) is 1. The molecule has 1 aliphatic rings. The van der Waals surface area contributed by atoms with E-state index in [1.165, 1.54) is 12.8 Å². The largest absolute Gasteiger partial charge is 0.387 e. The first kappa shape index (κ1) is 13.1. The normalized spacial score (nSPS) is 26.8. The monoisotopic (exact) mass is 297 g/mol. The molecule has 0 spiro atoms. The second-order valence-corrected chi connectivity index (χ2v) is 5.68. The highest BCUT2D eigenvalue weighted by Gasteiger charge is 2.27. The van der Waals surface area contributed by atoms with E-state index in [-0.39, 0.29) is 6.04 Å². The van der Waals surface area contributed by atoms with Gasteiger partial charge in [-0.05, 0) is 36.9 Å². The van der Waals surface area contributed by atoms with Crippen LogP contribution in [0.5, 0.6) is 0 Å². The molecule has 0 amide bonds. The second kappa shape index (κ2) is 5.98. The van der Waals surface area contributed by atoms with Crippen LogP contribution in [0.4, 0.5) is 0 Å². The summed E-state index contributed by atoms with van der Waals surface area (Å²) in [6, 6.07) is 8.12. The molecular formula is C14H20BrNO. The Hall–Kier alpha value is -0.380. The third-order valence-corrected chi connectivity index (χ3v) is 4.45. The number of benzene rings is 1. The topological polar surface area (TPSA) is 32.3 Å². The van der Waals surface area contributed by atoms with Crippen LogP contribution < -0.4 is 5.32 Å². The molecule has 1 aromatic rings. The average Bonchev–Trinajstić information content (AvgIpc) is 2.38. The third kappa shape index (κ3) is 3.09. The minimum absolute atomic E-state index is 0.187. The molecule has 1 aliphatic heterocycles. The SMILES string of the molecule is CCC1CCNC(C(O)c2ccccc2Br)C1. The molecule has 1 fully saturated rings. The first-order chi connectivity index (χ1) is 8.22. The van der Waals surface area contributed by atoms with Crippen LogP contribution in [-0.4, -0.2) is 17.7 Å². The number of rotatable bonds is 3. The average molecular weight is 298 g/mol. The molecule has 1 heterocycles. The zero-order valence-corrected chi connectivity index (χ0v) is 11.8. The summed E-state index contributed by atoms with van der Waals surface area (Å²) in [6.07, 6.45) is 3.09. The van der Waals surface area contributed by atoms with E-state index in [4.69, 9.17) is 0 Å². The van der Waals surface area contributed by atoms with Crippen molar-refractivity contribution < 1.29 is 5.11 Å². The highest BCUT2D eigenvalue weighted by atomic mass is 79.9. The van der Waals surface area contributed by atoms with Crippen molar-refractivity contribution in [3.05, 3.63) is 34.3 Å². The van der Waals surface area contributed by atoms with Crippen LogP contribution in [0, 0.1) is 5.92 Å². The van der Waals surface area contributed by atoms with Crippen molar-refractivity contribution in [3.63, 3.8) is 0 Å². The highest BCUT2D eigenvalue weighted by Crippen LogP contribution is 2.31. The van der Waals surface area contributed by atoms with Gasteiger partial charge in [0, 0.05) is 10.5 Å². The number of aliphatic hydroxyl groups is 1. The molecule has 0 bridgehead atoms. The van der Waals surface area contributed by atoms with Crippen molar-refractivity contribution >= 4 is 15.9 Å². The molecule has 2 N–H and O–H groups in total. The summed E-state index contributed by atoms with van der Waals surface area (Å²) in [5, 5.41) is 13.9. The van der Waals surface area contributed by atoms with Gasteiger partial charge in [0.15, 0.2) is 0 Å². The predicted octanol–water partition coefficient (Wildman–Crippen LogP) is 3.26. The van der Waals surface area contributed by atoms with Crippen LogP contribution in [-0.2, 0) is 0 Å². The Morgan fingerprint density at radius 2 is 2.24 bits per heavy atom. The fraction of sp³-hybridized carbons (Fsp3) is 0.571. The minimum Gasteiger partial charge on any atom is -0.387 e. The van der Waals surface area contributed by atoms with E-state index < -0.39 is 6.10 Å². The molecule has 94 valence electrons. The number of aliphatic hydroxyl groups excluding tert-OH is 1. The fourth-order valence-electron chi connectivity index (χ4n) is 2.58. The van der Waals surface area contributed by atoms with Gasteiger partial charge in [-0.3, -0.25) is 0 Å². The first-order valence-electron chi connectivity index (χ1n) is 6.38. The van der Waals surface area contributed by atoms with Gasteiger partial charge in [-0.25, -0.2) is 0 Å². The molecule has 2 rings (SSSR count). The van der Waals surface area contributed by atoms with E-state index in [2.05, 4.69) is 28.2 Å². The molecule has 1 aromatic carbocycles. The maximum Gasteiger partial charge on any atom is 0.0953 e. The lowest BCUT2D eigenvalue weighted by molar-refractivity contribution is 0.0973. The van der Waals surface area contributed by atoms with Crippen molar-refractivity contribution in [2.75, 3.05) is 6.54 Å². The Labute approximate surface area is 112 Å². The van der Waals surface area contributed by atoms with Crippen molar-refractivity contribution in [1.29, 1.82) is 0 Å². The van der Waals surface area contributed by atoms with Gasteiger partial charge in [0.05, 0.1) is 6.10 Å². The second-order valence-electron chi connectivity index (χ2n) is 4.83. The zero-order chi connectivity index (χ0) is 12.3. The highest BCUT2D eigenvalue weighted by molar-refractivity contribution is 9.10. The van der Waals surface area contributed by atoms with Gasteiger partial charge in [-0.15, -0.1) is 0 Å². The van der Waals surface area contributed by atoms with Crippen LogP contribution in [0.25, 0.3) is 0 Å². The van der Waals surface area contributed by atoms with E-state index in [0.29, 0.717) is 0 Å². The number of hydrogen-bond acceptors (Lipinski definition) is 2. The van der Waals surface area contributed by atoms with E-state index >= 15 is 0 Å². The Morgan fingerprint density at radius 1 is 1.47 bits per heavy atom. The van der Waals surface area contributed by atoms with Crippen molar-refractivity contribution in [2.45, 2.75) is 38.3 Å². The van der Waals surface area contributed by atoms with Crippen molar-refractivity contribution in [2.24, 2.45) is 5.92 Å². The molecular weight excluding hydrogens is 278 g/mol. The Balaban J connectivity index is 2.09. The van der Waals surface area contributed by atoms with Gasteiger partial charge < -0.3 is 10.4 Å². The number of halogens is 1. The maximum absolute atomic E-state index is 10.4. The van der Waals surface area contributed by atoms with Crippen molar-refractivity contribution in [1.82, 2.24) is 5.32 Å². The third-order valence-electron chi connectivity index (χ3n) is 3.73. The van der Waals surface area contributed by atoms with E-state index in [1.54, 1.807) is 0 Å². The molecule has 17 heavy (non-hydrogen) atoms. The lowest BCUT2D eigenvalue weighted by Gasteiger charge is -2.33. The summed E-state index contributed by atoms with van der Waals surface area (Å²) in [4.78, 5) is 0. The van der Waals surface area contributed by atoms with Crippen molar-refractivity contribution in [3.8, 4) is 0 Å². The molecule has 0 aliphatic carbocycles. The lowest BCUT2D eigenvalue weighted by atomic mass is 9.86. The van der Waals surface area contributed by atoms with Crippen LogP contribution in [0.15, 0.2) is 28.7 Å². The molecule has 1 saturated heterocycles. The van der Waals surface area contributed by atoms with E-state index in [1.807, 2.05) is 24.3 Å². The minimum atomic E-state index is -0.417. The van der Waals surface area contributed by atoms with Crippen LogP contribution in [0.1, 0.15) is 37.9 Å². The molecule has 2 nitrogen and oxygen atoms in total. The Kier molecular flexibility index (Phi) is 4.60. The Morgan fingerprint density at radius 3 is 2.94 bits per heavy atom. The predicted molar refractivity (Wildman–Crippen MR) is 73.9 cm³/mol. The molecule has 0 aromatic heterocycles. The van der Waals surface area contributed by atoms with Gasteiger partial charge in [0.2, 0.25) is 0 Å². The van der Waals surface area contributed by atoms with Gasteiger partial charge in [-0.2, -0.15) is 0 Å². The summed E-state index contributed by atoms with van der Waals surface area (Å²) in [7, 11) is 0. The number of piperidine rings is 1. The van der Waals surface area contributed by atoms with E-state index in [9.17, 15) is 5.11 Å². The standard InChI is InChI=1S/C14H20BrNO/c1-2-10-7-8-16-13(9-10)14(17)11-5-3-4-6-12(11)15/h3-6,10,13-14,16-17H,2,7-9H2,1H3. The molecule has 3 unspecified atom stereocenters. The van der Waals surface area contributed by atoms with Gasteiger partial charge >= 0.3 is 0 Å². The Bertz CT molecular complexity index is 369. The van der Waals surface area contributed by atoms with Crippen LogP contribution in [0.2, 0.25) is 0 Å². The van der Waals surface area contributed by atoms with E-state index in [0.717, 1.165) is 28.9 Å². The molecule has 0 saturated carbocycles. The lowest BCUT2D eigenvalue weighted by Crippen LogP contribution is -2.42.